The molecular formula is C8H15F2N. The molecule has 0 aromatic rings. The van der Waals surface area contributed by atoms with Crippen LogP contribution in [0.25, 0.3) is 0 Å². The molecule has 66 valence electrons. The number of rotatable bonds is 2. The smallest absolute Gasteiger partial charge is 0.251 e. The Bertz CT molecular complexity index is 127. The van der Waals surface area contributed by atoms with E-state index in [0.29, 0.717) is 12.0 Å². The van der Waals surface area contributed by atoms with Crippen molar-refractivity contribution in [1.29, 1.82) is 0 Å². The quantitative estimate of drug-likeness (QED) is 0.601. The maximum Gasteiger partial charge on any atom is 0.251 e. The van der Waals surface area contributed by atoms with Crippen LogP contribution in [-0.4, -0.2) is 30.5 Å². The lowest BCUT2D eigenvalue weighted by Gasteiger charge is -2.22. The second kappa shape index (κ2) is 3.48. The predicted octanol–water partition coefficient (Wildman–Crippen LogP) is 1.98. The molecule has 1 fully saturated rings. The summed E-state index contributed by atoms with van der Waals surface area (Å²) in [5, 5.41) is 0. The number of halogens is 2. The van der Waals surface area contributed by atoms with Crippen LogP contribution in [0.15, 0.2) is 0 Å². The van der Waals surface area contributed by atoms with Crippen LogP contribution in [0.3, 0.4) is 0 Å². The van der Waals surface area contributed by atoms with Gasteiger partial charge >= 0.3 is 0 Å². The van der Waals surface area contributed by atoms with Crippen LogP contribution in [0.4, 0.5) is 8.78 Å². The number of nitrogens with zero attached hydrogens (tertiary/aromatic N) is 1. The summed E-state index contributed by atoms with van der Waals surface area (Å²) < 4.78 is 23.9. The topological polar surface area (TPSA) is 3.24 Å². The Labute approximate surface area is 66.4 Å². The minimum atomic E-state index is -2.18. The van der Waals surface area contributed by atoms with Gasteiger partial charge in [0, 0.05) is 6.04 Å². The third-order valence-electron chi connectivity index (χ3n) is 2.64. The molecule has 0 aromatic carbocycles. The third-order valence-corrected chi connectivity index (χ3v) is 2.64. The molecule has 1 aliphatic heterocycles. The summed E-state index contributed by atoms with van der Waals surface area (Å²) in [6, 6.07) is 0.337. The molecule has 0 amide bonds. The summed E-state index contributed by atoms with van der Waals surface area (Å²) >= 11 is 0. The molecule has 2 atom stereocenters. The highest BCUT2D eigenvalue weighted by Gasteiger charge is 2.28. The molecule has 0 aliphatic carbocycles. The Kier molecular flexibility index (Phi) is 2.82. The first kappa shape index (κ1) is 8.91. The predicted molar refractivity (Wildman–Crippen MR) is 40.8 cm³/mol. The molecule has 1 saturated heterocycles. The van der Waals surface area contributed by atoms with Crippen molar-refractivity contribution in [3.8, 4) is 0 Å². The van der Waals surface area contributed by atoms with Crippen molar-refractivity contribution < 1.29 is 8.78 Å². The first-order chi connectivity index (χ1) is 5.11. The minimum absolute atomic E-state index is 0.0501. The molecule has 0 radical (unpaired) electrons. The van der Waals surface area contributed by atoms with E-state index >= 15 is 0 Å². The highest BCUT2D eigenvalue weighted by atomic mass is 19.3. The molecule has 0 aromatic heterocycles. The SMILES string of the molecule is CC1CCN(CC(F)F)C1C. The Balaban J connectivity index is 2.36. The van der Waals surface area contributed by atoms with Gasteiger partial charge in [0.2, 0.25) is 0 Å². The molecule has 1 rings (SSSR count). The second-order valence-corrected chi connectivity index (χ2v) is 3.39. The monoisotopic (exact) mass is 163 g/mol. The van der Waals surface area contributed by atoms with E-state index < -0.39 is 6.43 Å². The third kappa shape index (κ3) is 2.12. The van der Waals surface area contributed by atoms with E-state index in [0.717, 1.165) is 13.0 Å². The lowest BCUT2D eigenvalue weighted by atomic mass is 10.1. The van der Waals surface area contributed by atoms with Crippen molar-refractivity contribution in [1.82, 2.24) is 4.90 Å². The molecule has 11 heavy (non-hydrogen) atoms. The van der Waals surface area contributed by atoms with Crippen LogP contribution in [-0.2, 0) is 0 Å². The highest BCUT2D eigenvalue weighted by molar-refractivity contribution is 4.81. The molecule has 0 spiro atoms. The molecule has 0 saturated carbocycles. The van der Waals surface area contributed by atoms with Crippen molar-refractivity contribution in [3.63, 3.8) is 0 Å². The highest BCUT2D eigenvalue weighted by Crippen LogP contribution is 2.23. The molecule has 0 bridgehead atoms. The summed E-state index contributed by atoms with van der Waals surface area (Å²) in [5.41, 5.74) is 0. The molecule has 1 aliphatic rings. The fourth-order valence-electron chi connectivity index (χ4n) is 1.61. The Morgan fingerprint density at radius 1 is 1.45 bits per heavy atom. The summed E-state index contributed by atoms with van der Waals surface area (Å²) in [5.74, 6) is 0.578. The van der Waals surface area contributed by atoms with Crippen molar-refractivity contribution in [2.75, 3.05) is 13.1 Å². The Hall–Kier alpha value is -0.180. The van der Waals surface area contributed by atoms with Gasteiger partial charge in [-0.1, -0.05) is 6.92 Å². The molecule has 2 unspecified atom stereocenters. The first-order valence-corrected chi connectivity index (χ1v) is 4.13. The normalized spacial score (nSPS) is 33.5. The lowest BCUT2D eigenvalue weighted by molar-refractivity contribution is 0.0818. The van der Waals surface area contributed by atoms with Crippen molar-refractivity contribution in [2.45, 2.75) is 32.7 Å². The second-order valence-electron chi connectivity index (χ2n) is 3.39. The van der Waals surface area contributed by atoms with Crippen LogP contribution in [0.5, 0.6) is 0 Å². The van der Waals surface area contributed by atoms with Crippen molar-refractivity contribution >= 4 is 0 Å². The average molecular weight is 163 g/mol. The number of likely N-dealkylation sites (tertiary alicyclic amines) is 1. The lowest BCUT2D eigenvalue weighted by Crippen LogP contribution is -2.33. The van der Waals surface area contributed by atoms with Gasteiger partial charge in [0.25, 0.3) is 6.43 Å². The van der Waals surface area contributed by atoms with E-state index in [1.54, 1.807) is 0 Å². The van der Waals surface area contributed by atoms with Gasteiger partial charge in [-0.15, -0.1) is 0 Å². The first-order valence-electron chi connectivity index (χ1n) is 4.13. The van der Waals surface area contributed by atoms with Crippen LogP contribution in [0.2, 0.25) is 0 Å². The summed E-state index contributed by atoms with van der Waals surface area (Å²) in [7, 11) is 0. The fourth-order valence-corrected chi connectivity index (χ4v) is 1.61. The summed E-state index contributed by atoms with van der Waals surface area (Å²) in [6.45, 7) is 4.94. The van der Waals surface area contributed by atoms with E-state index in [9.17, 15) is 8.78 Å². The van der Waals surface area contributed by atoms with Crippen LogP contribution in [0, 0.1) is 5.92 Å². The van der Waals surface area contributed by atoms with Gasteiger partial charge in [0.05, 0.1) is 6.54 Å². The Morgan fingerprint density at radius 3 is 2.45 bits per heavy atom. The van der Waals surface area contributed by atoms with Crippen LogP contribution in [0.1, 0.15) is 20.3 Å². The number of hydrogen-bond donors (Lipinski definition) is 0. The number of hydrogen-bond acceptors (Lipinski definition) is 1. The van der Waals surface area contributed by atoms with Gasteiger partial charge in [0.15, 0.2) is 0 Å². The van der Waals surface area contributed by atoms with Gasteiger partial charge < -0.3 is 0 Å². The zero-order valence-corrected chi connectivity index (χ0v) is 7.06. The molecule has 1 heterocycles. The van der Waals surface area contributed by atoms with Crippen LogP contribution < -0.4 is 0 Å². The fraction of sp³-hybridized carbons (Fsp3) is 1.00. The van der Waals surface area contributed by atoms with Gasteiger partial charge in [0.1, 0.15) is 0 Å². The van der Waals surface area contributed by atoms with Gasteiger partial charge in [-0.25, -0.2) is 8.78 Å². The van der Waals surface area contributed by atoms with Crippen LogP contribution >= 0.6 is 0 Å². The summed E-state index contributed by atoms with van der Waals surface area (Å²) in [4.78, 5) is 1.87. The zero-order valence-electron chi connectivity index (χ0n) is 7.06. The molecule has 1 nitrogen and oxygen atoms in total. The zero-order chi connectivity index (χ0) is 8.43. The van der Waals surface area contributed by atoms with E-state index in [4.69, 9.17) is 0 Å². The molecular weight excluding hydrogens is 148 g/mol. The molecule has 0 N–H and O–H groups in total. The van der Waals surface area contributed by atoms with Crippen molar-refractivity contribution in [3.05, 3.63) is 0 Å². The van der Waals surface area contributed by atoms with E-state index in [-0.39, 0.29) is 6.54 Å². The van der Waals surface area contributed by atoms with Gasteiger partial charge in [-0.05, 0) is 25.8 Å². The van der Waals surface area contributed by atoms with E-state index in [1.165, 1.54) is 0 Å². The minimum Gasteiger partial charge on any atom is -0.295 e. The largest absolute Gasteiger partial charge is 0.295 e. The molecule has 3 heteroatoms. The van der Waals surface area contributed by atoms with Gasteiger partial charge in [-0.2, -0.15) is 0 Å². The standard InChI is InChI=1S/C8H15F2N/c1-6-3-4-11(7(6)2)5-8(9)10/h6-8H,3-5H2,1-2H3. The maximum absolute atomic E-state index is 11.9. The Morgan fingerprint density at radius 2 is 2.09 bits per heavy atom. The summed E-state index contributed by atoms with van der Waals surface area (Å²) in [6.07, 6.45) is -1.11. The average Bonchev–Trinajstić information content (AvgIpc) is 2.18. The van der Waals surface area contributed by atoms with E-state index in [2.05, 4.69) is 6.92 Å². The number of alkyl halides is 2. The van der Waals surface area contributed by atoms with E-state index in [1.807, 2.05) is 11.8 Å². The van der Waals surface area contributed by atoms with Gasteiger partial charge in [-0.3, -0.25) is 4.90 Å². The van der Waals surface area contributed by atoms with Crippen molar-refractivity contribution in [2.24, 2.45) is 5.92 Å². The maximum atomic E-state index is 11.9.